The normalized spacial score (nSPS) is 45.4. The van der Waals surface area contributed by atoms with Gasteiger partial charge in [0.15, 0.2) is 12.6 Å². The summed E-state index contributed by atoms with van der Waals surface area (Å²) >= 11 is 0. The maximum atomic E-state index is 14.4. The van der Waals surface area contributed by atoms with Crippen LogP contribution in [-0.2, 0) is 52.2 Å². The van der Waals surface area contributed by atoms with Gasteiger partial charge in [-0.2, -0.15) is 0 Å². The van der Waals surface area contributed by atoms with E-state index < -0.39 is 102 Å². The second kappa shape index (κ2) is 22.2. The quantitative estimate of drug-likeness (QED) is 0.229. The Balaban J connectivity index is 1.79. The molecule has 0 aromatic carbocycles. The molecule has 16 heteroatoms. The first-order valence-corrected chi connectivity index (χ1v) is 22.7. The summed E-state index contributed by atoms with van der Waals surface area (Å²) in [5.41, 5.74) is -4.21. The number of ether oxygens (including phenoxy) is 9. The van der Waals surface area contributed by atoms with Crippen LogP contribution >= 0.6 is 0 Å². The fraction of sp³-hybridized carbons (Fsp3) is 0.956. The van der Waals surface area contributed by atoms with Crippen LogP contribution in [0.15, 0.2) is 0 Å². The van der Waals surface area contributed by atoms with Crippen molar-refractivity contribution in [3.05, 3.63) is 0 Å². The molecule has 4 rings (SSSR count). The number of morpholine rings is 1. The standard InChI is InChI=1S/C45H82N2O14/c1-15-33-45(10,52)38(49)28(4)35(48)26(2)24-44(9,55-14)40(29(5)36(30(6)41(51)59-33)60-34-25-43(8,54-13)39(50)31(7)58-34)61-42-37(53-12)32(23-27(3)57-42)46(11)17-16-18-47-19-21-56-22-20-47/h26-34,36-40,42,49-50,52H,15-25H2,1-14H3/t26-,27-,28+,29+,30-,31+,32+,33-,34+,36+,37-,38-,39+,40-,42+,43-,44+,45-/m1/s1. The van der Waals surface area contributed by atoms with Crippen LogP contribution in [0.2, 0.25) is 0 Å². The molecule has 4 aliphatic rings. The average molecular weight is 875 g/mol. The number of rotatable bonds is 13. The van der Waals surface area contributed by atoms with Gasteiger partial charge in [-0.1, -0.05) is 27.7 Å². The Hall–Kier alpha value is -1.38. The lowest BCUT2D eigenvalue weighted by Gasteiger charge is -2.50. The number of likely N-dealkylation sites (N-methyl/N-ethyl adjacent to an activating group) is 1. The molecule has 16 nitrogen and oxygen atoms in total. The van der Waals surface area contributed by atoms with Gasteiger partial charge in [-0.3, -0.25) is 14.5 Å². The molecule has 0 saturated carbocycles. The molecule has 0 bridgehead atoms. The first-order valence-electron chi connectivity index (χ1n) is 22.7. The highest BCUT2D eigenvalue weighted by Crippen LogP contribution is 2.42. The van der Waals surface area contributed by atoms with Gasteiger partial charge in [0.05, 0.1) is 60.9 Å². The van der Waals surface area contributed by atoms with Crippen molar-refractivity contribution >= 4 is 11.8 Å². The molecule has 18 atom stereocenters. The third-order valence-electron chi connectivity index (χ3n) is 14.5. The van der Waals surface area contributed by atoms with Crippen molar-refractivity contribution in [2.75, 3.05) is 67.8 Å². The predicted octanol–water partition coefficient (Wildman–Crippen LogP) is 3.19. The Bertz CT molecular complexity index is 1390. The molecule has 3 N–H and O–H groups in total. The van der Waals surface area contributed by atoms with Crippen LogP contribution in [0.5, 0.6) is 0 Å². The largest absolute Gasteiger partial charge is 0.459 e. The molecule has 4 fully saturated rings. The number of hydrogen-bond acceptors (Lipinski definition) is 16. The van der Waals surface area contributed by atoms with Crippen molar-refractivity contribution in [2.45, 2.75) is 186 Å². The number of esters is 1. The zero-order chi connectivity index (χ0) is 45.6. The van der Waals surface area contributed by atoms with E-state index >= 15 is 0 Å². The Morgan fingerprint density at radius 3 is 2.08 bits per heavy atom. The summed E-state index contributed by atoms with van der Waals surface area (Å²) in [5, 5.41) is 34.4. The molecule has 356 valence electrons. The molecule has 0 radical (unpaired) electrons. The van der Waals surface area contributed by atoms with Gasteiger partial charge in [0.25, 0.3) is 0 Å². The monoisotopic (exact) mass is 875 g/mol. The van der Waals surface area contributed by atoms with E-state index in [-0.39, 0.29) is 37.2 Å². The number of aliphatic hydroxyl groups is 3. The lowest BCUT2D eigenvalue weighted by Crippen LogP contribution is -2.62. The lowest BCUT2D eigenvalue weighted by atomic mass is 9.74. The van der Waals surface area contributed by atoms with Gasteiger partial charge < -0.3 is 62.9 Å². The number of hydrogen-bond donors (Lipinski definition) is 3. The summed E-state index contributed by atoms with van der Waals surface area (Å²) in [5.74, 6) is -4.33. The Labute approximate surface area is 365 Å². The van der Waals surface area contributed by atoms with Gasteiger partial charge in [0.2, 0.25) is 0 Å². The molecule has 0 aromatic heterocycles. The third-order valence-corrected chi connectivity index (χ3v) is 14.5. The van der Waals surface area contributed by atoms with E-state index in [4.69, 9.17) is 42.6 Å². The molecule has 0 aliphatic carbocycles. The van der Waals surface area contributed by atoms with Gasteiger partial charge in [-0.05, 0) is 87.4 Å². The molecule has 0 unspecified atom stereocenters. The topological polar surface area (TPSA) is 184 Å². The summed E-state index contributed by atoms with van der Waals surface area (Å²) in [7, 11) is 6.84. The summed E-state index contributed by atoms with van der Waals surface area (Å²) in [6, 6.07) is -0.0658. The van der Waals surface area contributed by atoms with E-state index in [0.717, 1.165) is 45.8 Å². The van der Waals surface area contributed by atoms with E-state index in [2.05, 4.69) is 16.8 Å². The number of carbonyl (C=O) groups is 2. The van der Waals surface area contributed by atoms with E-state index in [0.29, 0.717) is 6.42 Å². The minimum absolute atomic E-state index is 0.0658. The SMILES string of the molecule is CC[C@H]1OC(=O)[C@H](C)[C@@H](O[C@H]2C[C@@](C)(OC)[C@@H](O)[C@H](C)O2)[C@H](C)[C@@H](O[C@@H]2O[C@H](C)C[C@H](N(C)CCCN3CCOCC3)[C@H]2OC)[C@@](C)(OC)C[C@@H](C)C(=O)[C@H](C)[C@@H](O)[C@]1(C)O. The molecule has 0 spiro atoms. The van der Waals surface area contributed by atoms with Crippen LogP contribution in [0.1, 0.15) is 101 Å². The van der Waals surface area contributed by atoms with Crippen LogP contribution in [0.4, 0.5) is 0 Å². The van der Waals surface area contributed by atoms with Crippen LogP contribution in [0.3, 0.4) is 0 Å². The summed E-state index contributed by atoms with van der Waals surface area (Å²) in [4.78, 5) is 33.4. The van der Waals surface area contributed by atoms with Crippen molar-refractivity contribution in [1.82, 2.24) is 9.80 Å². The second-order valence-electron chi connectivity index (χ2n) is 19.2. The second-order valence-corrected chi connectivity index (χ2v) is 19.2. The fourth-order valence-electron chi connectivity index (χ4n) is 10.3. The molecular weight excluding hydrogens is 792 g/mol. The van der Waals surface area contributed by atoms with Crippen molar-refractivity contribution in [2.24, 2.45) is 23.7 Å². The minimum atomic E-state index is -1.96. The first-order chi connectivity index (χ1) is 28.6. The zero-order valence-electron chi connectivity index (χ0n) is 39.7. The number of Topliss-reactive ketones (excluding diaryl/α,β-unsaturated/α-hetero) is 1. The van der Waals surface area contributed by atoms with Gasteiger partial charge in [0.1, 0.15) is 29.7 Å². The average Bonchev–Trinajstić information content (AvgIpc) is 3.23. The number of cyclic esters (lactones) is 1. The van der Waals surface area contributed by atoms with E-state index in [1.165, 1.54) is 14.0 Å². The van der Waals surface area contributed by atoms with E-state index in [1.54, 1.807) is 55.8 Å². The van der Waals surface area contributed by atoms with Crippen LogP contribution in [-0.4, -0.2) is 189 Å². The Morgan fingerprint density at radius 2 is 1.49 bits per heavy atom. The number of carbonyl (C=O) groups excluding carboxylic acids is 2. The molecule has 4 aliphatic heterocycles. The lowest BCUT2D eigenvalue weighted by molar-refractivity contribution is -0.321. The smallest absolute Gasteiger partial charge is 0.311 e. The number of nitrogens with zero attached hydrogens (tertiary/aromatic N) is 2. The summed E-state index contributed by atoms with van der Waals surface area (Å²) < 4.78 is 57.0. The Morgan fingerprint density at radius 1 is 0.852 bits per heavy atom. The van der Waals surface area contributed by atoms with E-state index in [1.807, 2.05) is 20.8 Å². The highest BCUT2D eigenvalue weighted by molar-refractivity contribution is 5.83. The maximum Gasteiger partial charge on any atom is 0.311 e. The van der Waals surface area contributed by atoms with Gasteiger partial charge in [-0.25, -0.2) is 0 Å². The molecular formula is C45H82N2O14. The zero-order valence-corrected chi connectivity index (χ0v) is 39.7. The van der Waals surface area contributed by atoms with Crippen molar-refractivity contribution in [3.8, 4) is 0 Å². The van der Waals surface area contributed by atoms with E-state index in [9.17, 15) is 24.9 Å². The van der Waals surface area contributed by atoms with Crippen molar-refractivity contribution < 1.29 is 67.5 Å². The van der Waals surface area contributed by atoms with Gasteiger partial charge in [-0.15, -0.1) is 0 Å². The molecule has 4 saturated heterocycles. The first kappa shape index (κ1) is 52.2. The molecule has 0 amide bonds. The molecule has 4 heterocycles. The number of ketones is 1. The van der Waals surface area contributed by atoms with Crippen molar-refractivity contribution in [3.63, 3.8) is 0 Å². The highest BCUT2D eigenvalue weighted by atomic mass is 16.7. The van der Waals surface area contributed by atoms with Crippen molar-refractivity contribution in [1.29, 1.82) is 0 Å². The number of methoxy groups -OCH3 is 3. The number of aliphatic hydroxyl groups excluding tert-OH is 2. The van der Waals surface area contributed by atoms with Crippen LogP contribution in [0.25, 0.3) is 0 Å². The highest BCUT2D eigenvalue weighted by Gasteiger charge is 2.54. The predicted molar refractivity (Wildman–Crippen MR) is 227 cm³/mol. The van der Waals surface area contributed by atoms with Crippen LogP contribution in [0, 0.1) is 23.7 Å². The van der Waals surface area contributed by atoms with Crippen LogP contribution < -0.4 is 0 Å². The summed E-state index contributed by atoms with van der Waals surface area (Å²) in [6.45, 7) is 22.7. The fourth-order valence-corrected chi connectivity index (χ4v) is 10.3. The Kier molecular flexibility index (Phi) is 19.0. The maximum absolute atomic E-state index is 14.4. The van der Waals surface area contributed by atoms with Gasteiger partial charge in [0, 0.05) is 64.6 Å². The molecule has 61 heavy (non-hydrogen) atoms. The third kappa shape index (κ3) is 12.1. The minimum Gasteiger partial charge on any atom is -0.459 e. The van der Waals surface area contributed by atoms with Gasteiger partial charge >= 0.3 is 5.97 Å². The molecule has 0 aromatic rings. The summed E-state index contributed by atoms with van der Waals surface area (Å²) in [6.07, 6.45) is -6.64.